The predicted molar refractivity (Wildman–Crippen MR) is 123 cm³/mol. The Hall–Kier alpha value is -3.11. The fraction of sp³-hybridized carbons (Fsp3) is 0.583. The normalized spacial score (nSPS) is 16.7. The van der Waals surface area contributed by atoms with Crippen molar-refractivity contribution in [3.05, 3.63) is 29.8 Å². The smallest absolute Gasteiger partial charge is 0.475 e. The van der Waals surface area contributed by atoms with Crippen molar-refractivity contribution in [2.75, 3.05) is 18.4 Å². The molecule has 2 fully saturated rings. The van der Waals surface area contributed by atoms with Gasteiger partial charge >= 0.3 is 12.1 Å². The van der Waals surface area contributed by atoms with E-state index in [4.69, 9.17) is 9.90 Å². The molecule has 1 saturated carbocycles. The summed E-state index contributed by atoms with van der Waals surface area (Å²) in [6.45, 7) is 3.18. The van der Waals surface area contributed by atoms with Crippen LogP contribution in [-0.2, 0) is 14.4 Å². The maximum Gasteiger partial charge on any atom is 0.490 e. The number of piperidine rings is 1. The van der Waals surface area contributed by atoms with E-state index in [2.05, 4.69) is 10.6 Å². The lowest BCUT2D eigenvalue weighted by molar-refractivity contribution is -0.192. The quantitative estimate of drug-likeness (QED) is 0.548. The number of carbonyl (C=O) groups excluding carboxylic acids is 3. The summed E-state index contributed by atoms with van der Waals surface area (Å²) in [5, 5.41) is 13.1. The number of hydrogen-bond donors (Lipinski definition) is 3. The summed E-state index contributed by atoms with van der Waals surface area (Å²) >= 11 is 0. The molecule has 0 aromatic heterocycles. The number of amides is 3. The topological polar surface area (TPSA) is 116 Å². The number of rotatable bonds is 6. The molecule has 8 nitrogen and oxygen atoms in total. The van der Waals surface area contributed by atoms with Gasteiger partial charge in [-0.15, -0.1) is 0 Å². The van der Waals surface area contributed by atoms with E-state index in [0.717, 1.165) is 32.1 Å². The summed E-state index contributed by atoms with van der Waals surface area (Å²) in [5.41, 5.74) is 1.32. The summed E-state index contributed by atoms with van der Waals surface area (Å²) in [6, 6.07) is 7.39. The van der Waals surface area contributed by atoms with Crippen molar-refractivity contribution in [3.63, 3.8) is 0 Å². The van der Waals surface area contributed by atoms with Crippen LogP contribution in [0.5, 0.6) is 0 Å². The number of halogens is 3. The zero-order valence-electron chi connectivity index (χ0n) is 19.7. The summed E-state index contributed by atoms with van der Waals surface area (Å²) < 4.78 is 31.7. The van der Waals surface area contributed by atoms with Gasteiger partial charge in [-0.25, -0.2) is 4.79 Å². The first-order valence-corrected chi connectivity index (χ1v) is 11.8. The minimum Gasteiger partial charge on any atom is -0.475 e. The van der Waals surface area contributed by atoms with E-state index in [1.807, 2.05) is 11.8 Å². The van der Waals surface area contributed by atoms with Gasteiger partial charge in [0.25, 0.3) is 5.91 Å². The molecule has 35 heavy (non-hydrogen) atoms. The molecule has 1 saturated heterocycles. The van der Waals surface area contributed by atoms with E-state index in [1.165, 1.54) is 12.8 Å². The van der Waals surface area contributed by atoms with E-state index in [0.29, 0.717) is 36.8 Å². The van der Waals surface area contributed by atoms with Gasteiger partial charge in [-0.3, -0.25) is 14.4 Å². The van der Waals surface area contributed by atoms with Gasteiger partial charge in [-0.1, -0.05) is 19.8 Å². The zero-order valence-corrected chi connectivity index (χ0v) is 19.7. The van der Waals surface area contributed by atoms with E-state index < -0.39 is 12.1 Å². The third-order valence-electron chi connectivity index (χ3n) is 5.99. The number of aliphatic carboxylic acids is 1. The molecule has 0 unspecified atom stereocenters. The first kappa shape index (κ1) is 28.1. The minimum absolute atomic E-state index is 0.0129. The number of carboxylic acid groups (broad SMARTS) is 1. The number of alkyl halides is 3. The molecule has 194 valence electrons. The van der Waals surface area contributed by atoms with Crippen molar-refractivity contribution in [1.29, 1.82) is 0 Å². The molecule has 0 spiro atoms. The Kier molecular flexibility index (Phi) is 10.5. The van der Waals surface area contributed by atoms with Gasteiger partial charge in [-0.05, 0) is 56.4 Å². The van der Waals surface area contributed by atoms with Gasteiger partial charge in [0.1, 0.15) is 0 Å². The standard InChI is InChI=1S/C22H31N3O3.C2HF3O2/c1-2-5-20(26)23-19-10-8-17(9-11-19)22(28)25-14-12-16(13-15-25)21(27)24-18-6-3-4-7-18;3-2(4,5)1(6)7/h8-11,16,18H,2-7,12-15H2,1H3,(H,23,26)(H,24,27);(H,6,7). The lowest BCUT2D eigenvalue weighted by Crippen LogP contribution is -2.44. The summed E-state index contributed by atoms with van der Waals surface area (Å²) in [4.78, 5) is 47.5. The highest BCUT2D eigenvalue weighted by molar-refractivity contribution is 5.96. The lowest BCUT2D eigenvalue weighted by atomic mass is 9.95. The Morgan fingerprint density at radius 1 is 1.00 bits per heavy atom. The van der Waals surface area contributed by atoms with Gasteiger partial charge in [0.15, 0.2) is 0 Å². The van der Waals surface area contributed by atoms with Crippen molar-refractivity contribution < 1.29 is 37.5 Å². The molecule has 0 bridgehead atoms. The first-order chi connectivity index (χ1) is 16.5. The second kappa shape index (κ2) is 13.1. The number of benzene rings is 1. The van der Waals surface area contributed by atoms with Crippen molar-refractivity contribution in [3.8, 4) is 0 Å². The second-order valence-corrected chi connectivity index (χ2v) is 8.73. The molecule has 0 atom stereocenters. The Morgan fingerprint density at radius 2 is 1.54 bits per heavy atom. The SMILES string of the molecule is CCCC(=O)Nc1ccc(C(=O)N2CCC(C(=O)NC3CCCC3)CC2)cc1.O=C(O)C(F)(F)F. The first-order valence-electron chi connectivity index (χ1n) is 11.8. The molecule has 3 amide bonds. The summed E-state index contributed by atoms with van der Waals surface area (Å²) in [5.74, 6) is -2.61. The van der Waals surface area contributed by atoms with Crippen molar-refractivity contribution in [1.82, 2.24) is 10.2 Å². The van der Waals surface area contributed by atoms with E-state index in [-0.39, 0.29) is 23.6 Å². The van der Waals surface area contributed by atoms with Crippen LogP contribution >= 0.6 is 0 Å². The molecule has 1 aromatic rings. The number of nitrogens with zero attached hydrogens (tertiary/aromatic N) is 1. The average molecular weight is 500 g/mol. The Morgan fingerprint density at radius 3 is 2.03 bits per heavy atom. The Balaban J connectivity index is 0.000000540. The van der Waals surface area contributed by atoms with Gasteiger partial charge < -0.3 is 20.6 Å². The molecule has 3 N–H and O–H groups in total. The molecule has 1 heterocycles. The molecule has 1 aliphatic heterocycles. The zero-order chi connectivity index (χ0) is 26.0. The maximum atomic E-state index is 12.7. The Labute approximate surface area is 202 Å². The van der Waals surface area contributed by atoms with Crippen LogP contribution in [0.4, 0.5) is 18.9 Å². The van der Waals surface area contributed by atoms with Crippen LogP contribution in [0.3, 0.4) is 0 Å². The van der Waals surface area contributed by atoms with Crippen LogP contribution in [0.2, 0.25) is 0 Å². The number of nitrogens with one attached hydrogen (secondary N) is 2. The van der Waals surface area contributed by atoms with E-state index in [1.54, 1.807) is 24.3 Å². The summed E-state index contributed by atoms with van der Waals surface area (Å²) in [7, 11) is 0. The fourth-order valence-corrected chi connectivity index (χ4v) is 4.06. The van der Waals surface area contributed by atoms with Gasteiger partial charge in [0.2, 0.25) is 11.8 Å². The molecule has 11 heteroatoms. The fourth-order valence-electron chi connectivity index (χ4n) is 4.06. The second-order valence-electron chi connectivity index (χ2n) is 8.73. The minimum atomic E-state index is -5.08. The average Bonchev–Trinajstić information content (AvgIpc) is 3.32. The highest BCUT2D eigenvalue weighted by atomic mass is 19.4. The highest BCUT2D eigenvalue weighted by Crippen LogP contribution is 2.23. The number of carbonyl (C=O) groups is 4. The highest BCUT2D eigenvalue weighted by Gasteiger charge is 2.38. The molecule has 1 aliphatic carbocycles. The van der Waals surface area contributed by atoms with E-state index in [9.17, 15) is 27.6 Å². The van der Waals surface area contributed by atoms with Crippen molar-refractivity contribution in [2.45, 2.75) is 70.5 Å². The third-order valence-corrected chi connectivity index (χ3v) is 5.99. The van der Waals surface area contributed by atoms with Gasteiger partial charge in [0, 0.05) is 42.7 Å². The third kappa shape index (κ3) is 9.22. The van der Waals surface area contributed by atoms with E-state index >= 15 is 0 Å². The lowest BCUT2D eigenvalue weighted by Gasteiger charge is -2.32. The van der Waals surface area contributed by atoms with Gasteiger partial charge in [-0.2, -0.15) is 13.2 Å². The molecule has 1 aromatic carbocycles. The summed E-state index contributed by atoms with van der Waals surface area (Å²) in [6.07, 6.45) is 2.25. The number of hydrogen-bond acceptors (Lipinski definition) is 4. The van der Waals surface area contributed by atoms with Crippen LogP contribution in [0.15, 0.2) is 24.3 Å². The van der Waals surface area contributed by atoms with Crippen LogP contribution in [0.25, 0.3) is 0 Å². The molecule has 3 rings (SSSR count). The van der Waals surface area contributed by atoms with Gasteiger partial charge in [0.05, 0.1) is 0 Å². The largest absolute Gasteiger partial charge is 0.490 e. The predicted octanol–water partition coefficient (Wildman–Crippen LogP) is 3.97. The monoisotopic (exact) mass is 499 g/mol. The molecule has 0 radical (unpaired) electrons. The van der Waals surface area contributed by atoms with Crippen LogP contribution in [-0.4, -0.2) is 59.0 Å². The van der Waals surface area contributed by atoms with Crippen molar-refractivity contribution >= 4 is 29.4 Å². The van der Waals surface area contributed by atoms with Crippen LogP contribution in [0.1, 0.15) is 68.6 Å². The number of anilines is 1. The van der Waals surface area contributed by atoms with Crippen molar-refractivity contribution in [2.24, 2.45) is 5.92 Å². The number of carboxylic acids is 1. The maximum absolute atomic E-state index is 12.7. The molecular weight excluding hydrogens is 467 g/mol. The van der Waals surface area contributed by atoms with Crippen LogP contribution in [0, 0.1) is 5.92 Å². The molecular formula is C24H32F3N3O5. The van der Waals surface area contributed by atoms with Crippen LogP contribution < -0.4 is 10.6 Å². The molecule has 2 aliphatic rings. The number of likely N-dealkylation sites (tertiary alicyclic amines) is 1. The Bertz CT molecular complexity index is 875.